The quantitative estimate of drug-likeness (QED) is 0.285. The molecule has 1 fully saturated rings. The largest absolute Gasteiger partial charge is 0.497 e. The predicted molar refractivity (Wildman–Crippen MR) is 164 cm³/mol. The number of aliphatic imine (C=N–C) groups is 1. The van der Waals surface area contributed by atoms with Crippen molar-refractivity contribution in [3.63, 3.8) is 0 Å². The van der Waals surface area contributed by atoms with Crippen LogP contribution in [0, 0.1) is 0 Å². The molecule has 2 aliphatic heterocycles. The van der Waals surface area contributed by atoms with E-state index >= 15 is 13.2 Å². The van der Waals surface area contributed by atoms with E-state index in [-0.39, 0.29) is 19.6 Å². The molecule has 1 N–H and O–H groups in total. The number of hydrogen-bond acceptors (Lipinski definition) is 8. The van der Waals surface area contributed by atoms with Crippen molar-refractivity contribution >= 4 is 16.9 Å². The highest BCUT2D eigenvalue weighted by atomic mass is 32.2. The minimum absolute atomic E-state index is 0.00222. The van der Waals surface area contributed by atoms with E-state index in [0.717, 1.165) is 11.1 Å². The number of aliphatic hydroxyl groups is 1. The Hall–Kier alpha value is -3.09. The van der Waals surface area contributed by atoms with Gasteiger partial charge in [0.05, 0.1) is 20.3 Å². The fourth-order valence-corrected chi connectivity index (χ4v) is 6.54. The number of nitrogens with zero attached hydrogens (tertiary/aromatic N) is 2. The van der Waals surface area contributed by atoms with Crippen molar-refractivity contribution in [2.75, 3.05) is 21.2 Å². The summed E-state index contributed by atoms with van der Waals surface area (Å²) < 4.78 is 69.3. The fourth-order valence-electron chi connectivity index (χ4n) is 5.40. The topological polar surface area (TPSA) is 72.8 Å². The Labute approximate surface area is 260 Å². The van der Waals surface area contributed by atoms with Gasteiger partial charge in [0.1, 0.15) is 35.5 Å². The molecule has 1 saturated heterocycles. The molecule has 5 rings (SSSR count). The number of amidine groups is 1. The van der Waals surface area contributed by atoms with E-state index in [0.29, 0.717) is 16.5 Å². The fraction of sp³-hybridized carbons (Fsp3) is 0.424. The molecule has 44 heavy (non-hydrogen) atoms. The van der Waals surface area contributed by atoms with Crippen LogP contribution in [0.1, 0.15) is 23.1 Å². The zero-order valence-corrected chi connectivity index (χ0v) is 25.6. The van der Waals surface area contributed by atoms with Crippen molar-refractivity contribution in [3.05, 3.63) is 102 Å². The molecule has 3 aromatic carbocycles. The van der Waals surface area contributed by atoms with Crippen molar-refractivity contribution in [1.29, 1.82) is 0 Å². The first-order valence-corrected chi connectivity index (χ1v) is 15.3. The van der Waals surface area contributed by atoms with E-state index in [1.807, 2.05) is 74.8 Å². The smallest absolute Gasteiger partial charge is 0.419 e. The van der Waals surface area contributed by atoms with Crippen LogP contribution in [0.2, 0.25) is 0 Å². The molecule has 11 heteroatoms. The Bertz CT molecular complexity index is 1380. The molecule has 0 radical (unpaired) electrons. The number of benzene rings is 3. The molecule has 2 aliphatic rings. The minimum atomic E-state index is -5.04. The van der Waals surface area contributed by atoms with Crippen LogP contribution in [-0.4, -0.2) is 77.9 Å². The average Bonchev–Trinajstić information content (AvgIpc) is 3.47. The highest BCUT2D eigenvalue weighted by Crippen LogP contribution is 2.47. The van der Waals surface area contributed by atoms with Gasteiger partial charge in [0, 0.05) is 14.1 Å². The van der Waals surface area contributed by atoms with Crippen molar-refractivity contribution in [3.8, 4) is 5.75 Å². The molecular weight excluding hydrogens is 593 g/mol. The number of aryl methyl sites for hydroxylation is 1. The molecular formula is C33H37F3N2O5S. The van der Waals surface area contributed by atoms with Gasteiger partial charge in [-0.2, -0.15) is 13.2 Å². The van der Waals surface area contributed by atoms with Crippen molar-refractivity contribution in [2.45, 2.75) is 67.6 Å². The molecule has 0 aromatic heterocycles. The molecule has 2 heterocycles. The van der Waals surface area contributed by atoms with Crippen LogP contribution in [0.4, 0.5) is 13.2 Å². The number of methoxy groups -OCH3 is 1. The Balaban J connectivity index is 1.51. The molecule has 0 saturated carbocycles. The Morgan fingerprint density at radius 3 is 1.93 bits per heavy atom. The van der Waals surface area contributed by atoms with Crippen molar-refractivity contribution < 1.29 is 37.2 Å². The van der Waals surface area contributed by atoms with Crippen LogP contribution in [-0.2, 0) is 33.8 Å². The van der Waals surface area contributed by atoms with Gasteiger partial charge in [0.2, 0.25) is 0 Å². The Kier molecular flexibility index (Phi) is 10.2. The number of rotatable bonds is 11. The van der Waals surface area contributed by atoms with Crippen LogP contribution in [0.5, 0.6) is 5.75 Å². The monoisotopic (exact) mass is 630 g/mol. The lowest BCUT2D eigenvalue weighted by atomic mass is 9.81. The molecule has 6 atom stereocenters. The second-order valence-electron chi connectivity index (χ2n) is 11.1. The lowest BCUT2D eigenvalue weighted by Gasteiger charge is -2.49. The third-order valence-corrected chi connectivity index (χ3v) is 9.17. The summed E-state index contributed by atoms with van der Waals surface area (Å²) >= 11 is 1.22. The van der Waals surface area contributed by atoms with Crippen molar-refractivity contribution in [2.24, 2.45) is 4.99 Å². The summed E-state index contributed by atoms with van der Waals surface area (Å²) in [5.74, 6) is 0.587. The van der Waals surface area contributed by atoms with E-state index in [2.05, 4.69) is 0 Å². The van der Waals surface area contributed by atoms with Gasteiger partial charge in [0.15, 0.2) is 10.8 Å². The zero-order valence-electron chi connectivity index (χ0n) is 24.8. The number of fused-ring (bicyclic) bond motifs is 1. The molecule has 0 amide bonds. The van der Waals surface area contributed by atoms with Gasteiger partial charge >= 0.3 is 6.18 Å². The van der Waals surface area contributed by atoms with E-state index in [1.54, 1.807) is 29.2 Å². The van der Waals surface area contributed by atoms with Crippen LogP contribution in [0.15, 0.2) is 89.9 Å². The molecule has 0 spiro atoms. The van der Waals surface area contributed by atoms with Gasteiger partial charge in [-0.25, -0.2) is 0 Å². The van der Waals surface area contributed by atoms with Crippen LogP contribution in [0.3, 0.4) is 0 Å². The number of alkyl halides is 3. The number of ether oxygens (including phenoxy) is 4. The van der Waals surface area contributed by atoms with Gasteiger partial charge in [-0.1, -0.05) is 84.6 Å². The Morgan fingerprint density at radius 1 is 0.841 bits per heavy atom. The summed E-state index contributed by atoms with van der Waals surface area (Å²) in [4.78, 5) is 6.58. The zero-order chi connectivity index (χ0) is 31.3. The van der Waals surface area contributed by atoms with E-state index < -0.39 is 48.0 Å². The van der Waals surface area contributed by atoms with Crippen molar-refractivity contribution in [1.82, 2.24) is 4.90 Å². The van der Waals surface area contributed by atoms with Crippen LogP contribution in [0.25, 0.3) is 0 Å². The highest BCUT2D eigenvalue weighted by Gasteiger charge is 2.66. The summed E-state index contributed by atoms with van der Waals surface area (Å²) in [7, 11) is 5.14. The first kappa shape index (κ1) is 32.3. The lowest BCUT2D eigenvalue weighted by molar-refractivity contribution is -0.333. The number of hydrogen-bond donors (Lipinski definition) is 1. The van der Waals surface area contributed by atoms with Gasteiger partial charge in [-0.15, -0.1) is 0 Å². The SMILES string of the molecule is COc1ccc(CC[C@@](O)([C@H]2O[C@@H]3SC(N(C)C)=N[C@@H]3[C@@H](OCc3ccccc3)[C@@H]2OCc2ccccc2)C(F)(F)F)cc1. The molecule has 0 bridgehead atoms. The maximum absolute atomic E-state index is 15.1. The first-order valence-electron chi connectivity index (χ1n) is 14.4. The van der Waals surface area contributed by atoms with Gasteiger partial charge < -0.3 is 29.0 Å². The lowest BCUT2D eigenvalue weighted by Crippen LogP contribution is -2.68. The predicted octanol–water partition coefficient (Wildman–Crippen LogP) is 5.85. The third kappa shape index (κ3) is 7.24. The van der Waals surface area contributed by atoms with E-state index in [1.165, 1.54) is 18.9 Å². The van der Waals surface area contributed by atoms with Gasteiger partial charge in [-0.05, 0) is 41.7 Å². The van der Waals surface area contributed by atoms with E-state index in [9.17, 15) is 5.11 Å². The van der Waals surface area contributed by atoms with Gasteiger partial charge in [-0.3, -0.25) is 4.99 Å². The summed E-state index contributed by atoms with van der Waals surface area (Å²) in [5, 5.41) is 12.3. The second kappa shape index (κ2) is 13.9. The average molecular weight is 631 g/mol. The van der Waals surface area contributed by atoms with Crippen LogP contribution >= 0.6 is 11.8 Å². The third-order valence-electron chi connectivity index (χ3n) is 7.87. The maximum atomic E-state index is 15.1. The van der Waals surface area contributed by atoms with Crippen LogP contribution < -0.4 is 4.74 Å². The first-order chi connectivity index (χ1) is 21.1. The number of halogens is 3. The minimum Gasteiger partial charge on any atom is -0.497 e. The summed E-state index contributed by atoms with van der Waals surface area (Å²) in [6.45, 7) is 0.123. The summed E-state index contributed by atoms with van der Waals surface area (Å²) in [5.41, 5.74) is -1.84. The summed E-state index contributed by atoms with van der Waals surface area (Å²) in [6, 6.07) is 24.6. The highest BCUT2D eigenvalue weighted by molar-refractivity contribution is 8.14. The molecule has 7 nitrogen and oxygen atoms in total. The summed E-state index contributed by atoms with van der Waals surface area (Å²) in [6.07, 6.45) is -9.77. The van der Waals surface area contributed by atoms with Gasteiger partial charge in [0.25, 0.3) is 0 Å². The standard InChI is InChI=1S/C33H37F3N2O5S/c1-38(2)31-37-26-27(41-20-23-10-6-4-7-11-23)28(42-21-24-12-8-5-9-13-24)29(43-30(26)44-31)32(39,33(34,35)36)19-18-22-14-16-25(40-3)17-15-22/h4-17,26-30,39H,18-21H2,1-3H3/t26-,27-,28+,29+,30-,32-/m1/s1. The normalized spacial score (nSPS) is 24.7. The molecule has 236 valence electrons. The Morgan fingerprint density at radius 2 is 1.41 bits per heavy atom. The molecule has 0 aliphatic carbocycles. The second-order valence-corrected chi connectivity index (χ2v) is 12.2. The molecule has 0 unspecified atom stereocenters. The maximum Gasteiger partial charge on any atom is 0.419 e. The van der Waals surface area contributed by atoms with E-state index in [4.69, 9.17) is 23.9 Å². The molecule has 3 aromatic rings. The number of thioether (sulfide) groups is 1.